The van der Waals surface area contributed by atoms with Crippen LogP contribution in [0.2, 0.25) is 0 Å². The van der Waals surface area contributed by atoms with Crippen molar-refractivity contribution < 1.29 is 0 Å². The lowest BCUT2D eigenvalue weighted by Crippen LogP contribution is -2.29. The highest BCUT2D eigenvalue weighted by atomic mass is 35.5. The molecule has 0 radical (unpaired) electrons. The third-order valence-electron chi connectivity index (χ3n) is 3.45. The number of hydrogen-bond acceptors (Lipinski definition) is 4. The summed E-state index contributed by atoms with van der Waals surface area (Å²) in [4.78, 5) is 11.1. The minimum absolute atomic E-state index is 0. The Bertz CT molecular complexity index is 358. The molecule has 0 unspecified atom stereocenters. The van der Waals surface area contributed by atoms with Crippen molar-refractivity contribution in [2.24, 2.45) is 11.7 Å². The first kappa shape index (κ1) is 18.6. The van der Waals surface area contributed by atoms with Gasteiger partial charge < -0.3 is 5.73 Å². The largest absolute Gasteiger partial charge is 0.326 e. The van der Waals surface area contributed by atoms with Crippen LogP contribution in [0.4, 0.5) is 0 Å². The molecular formula is C13H24Cl2N4. The first-order valence-electron chi connectivity index (χ1n) is 6.44. The molecule has 19 heavy (non-hydrogen) atoms. The summed E-state index contributed by atoms with van der Waals surface area (Å²) in [7, 11) is 0. The molecule has 1 fully saturated rings. The van der Waals surface area contributed by atoms with E-state index >= 15 is 0 Å². The fourth-order valence-corrected chi connectivity index (χ4v) is 2.52. The lowest BCUT2D eigenvalue weighted by atomic mass is 9.99. The Labute approximate surface area is 128 Å². The molecule has 1 aromatic heterocycles. The minimum Gasteiger partial charge on any atom is -0.326 e. The molecule has 110 valence electrons. The van der Waals surface area contributed by atoms with Gasteiger partial charge in [-0.2, -0.15) is 0 Å². The van der Waals surface area contributed by atoms with Crippen LogP contribution in [0.25, 0.3) is 0 Å². The Hall–Kier alpha value is -0.420. The maximum atomic E-state index is 6.16. The fourth-order valence-electron chi connectivity index (χ4n) is 2.52. The van der Waals surface area contributed by atoms with Gasteiger partial charge in [-0.15, -0.1) is 24.8 Å². The predicted molar refractivity (Wildman–Crippen MR) is 82.9 cm³/mol. The summed E-state index contributed by atoms with van der Waals surface area (Å²) in [5.41, 5.74) is 8.17. The third-order valence-corrected chi connectivity index (χ3v) is 3.45. The quantitative estimate of drug-likeness (QED) is 0.926. The van der Waals surface area contributed by atoms with Gasteiger partial charge in [-0.25, -0.2) is 0 Å². The van der Waals surface area contributed by atoms with Crippen molar-refractivity contribution in [2.45, 2.75) is 39.3 Å². The van der Waals surface area contributed by atoms with E-state index in [0.29, 0.717) is 12.0 Å². The van der Waals surface area contributed by atoms with Crippen molar-refractivity contribution in [3.05, 3.63) is 23.8 Å². The lowest BCUT2D eigenvalue weighted by molar-refractivity contribution is 0.308. The number of nitrogens with zero attached hydrogens (tertiary/aromatic N) is 3. The van der Waals surface area contributed by atoms with Crippen molar-refractivity contribution in [3.8, 4) is 0 Å². The highest BCUT2D eigenvalue weighted by Crippen LogP contribution is 2.21. The van der Waals surface area contributed by atoms with Crippen LogP contribution in [0.15, 0.2) is 12.4 Å². The second kappa shape index (κ2) is 8.69. The maximum Gasteiger partial charge on any atom is 0.0727 e. The molecule has 1 aliphatic rings. The van der Waals surface area contributed by atoms with Crippen molar-refractivity contribution in [2.75, 3.05) is 13.1 Å². The normalized spacial score (nSPS) is 22.7. The van der Waals surface area contributed by atoms with E-state index in [-0.39, 0.29) is 24.8 Å². The van der Waals surface area contributed by atoms with Gasteiger partial charge >= 0.3 is 0 Å². The molecule has 0 bridgehead atoms. The van der Waals surface area contributed by atoms with E-state index in [1.165, 1.54) is 12.8 Å². The van der Waals surface area contributed by atoms with Crippen LogP contribution in [0, 0.1) is 12.8 Å². The van der Waals surface area contributed by atoms with Crippen LogP contribution in [0.3, 0.4) is 0 Å². The molecule has 1 aliphatic heterocycles. The summed E-state index contributed by atoms with van der Waals surface area (Å²) in [6, 6.07) is 0.327. The molecule has 1 saturated heterocycles. The summed E-state index contributed by atoms with van der Waals surface area (Å²) in [5, 5.41) is 0. The van der Waals surface area contributed by atoms with E-state index < -0.39 is 0 Å². The molecule has 4 nitrogen and oxygen atoms in total. The molecular weight excluding hydrogens is 283 g/mol. The van der Waals surface area contributed by atoms with Crippen LogP contribution in [0.5, 0.6) is 0 Å². The van der Waals surface area contributed by atoms with E-state index in [2.05, 4.69) is 21.8 Å². The zero-order valence-corrected chi connectivity index (χ0v) is 13.2. The Balaban J connectivity index is 0.00000162. The highest BCUT2D eigenvalue weighted by Gasteiger charge is 2.29. The number of aryl methyl sites for hydroxylation is 1. The Morgan fingerprint density at radius 2 is 2.00 bits per heavy atom. The Kier molecular flexibility index (Phi) is 8.50. The van der Waals surface area contributed by atoms with Gasteiger partial charge in [0, 0.05) is 38.1 Å². The van der Waals surface area contributed by atoms with Gasteiger partial charge in [0.25, 0.3) is 0 Å². The maximum absolute atomic E-state index is 6.16. The molecule has 0 spiro atoms. The molecule has 0 amide bonds. The fraction of sp³-hybridized carbons (Fsp3) is 0.692. The first-order valence-corrected chi connectivity index (χ1v) is 6.44. The van der Waals surface area contributed by atoms with Crippen molar-refractivity contribution in [1.82, 2.24) is 14.9 Å². The molecule has 0 saturated carbocycles. The molecule has 2 heterocycles. The van der Waals surface area contributed by atoms with Gasteiger partial charge in [0.1, 0.15) is 0 Å². The van der Waals surface area contributed by atoms with E-state index in [1.54, 1.807) is 0 Å². The van der Waals surface area contributed by atoms with Crippen molar-refractivity contribution >= 4 is 24.8 Å². The second-order valence-electron chi connectivity index (χ2n) is 5.06. The number of aromatic nitrogens is 2. The van der Waals surface area contributed by atoms with Gasteiger partial charge in [-0.3, -0.25) is 14.9 Å². The number of halogens is 2. The smallest absolute Gasteiger partial charge is 0.0727 e. The summed E-state index contributed by atoms with van der Waals surface area (Å²) < 4.78 is 0. The summed E-state index contributed by atoms with van der Waals surface area (Å²) in [5.74, 6) is 0.651. The zero-order chi connectivity index (χ0) is 12.3. The molecule has 2 rings (SSSR count). The summed E-state index contributed by atoms with van der Waals surface area (Å²) >= 11 is 0. The van der Waals surface area contributed by atoms with Crippen molar-refractivity contribution in [3.63, 3.8) is 0 Å². The van der Waals surface area contributed by atoms with E-state index in [9.17, 15) is 0 Å². The number of hydrogen-bond donors (Lipinski definition) is 1. The van der Waals surface area contributed by atoms with Gasteiger partial charge in [-0.1, -0.05) is 13.3 Å². The van der Waals surface area contributed by atoms with E-state index in [4.69, 9.17) is 5.73 Å². The van der Waals surface area contributed by atoms with Gasteiger partial charge in [0.2, 0.25) is 0 Å². The average Bonchev–Trinajstić information content (AvgIpc) is 2.63. The molecule has 2 N–H and O–H groups in total. The highest BCUT2D eigenvalue weighted by molar-refractivity contribution is 5.85. The van der Waals surface area contributed by atoms with Gasteiger partial charge in [0.05, 0.1) is 11.4 Å². The van der Waals surface area contributed by atoms with Gasteiger partial charge in [0.15, 0.2) is 0 Å². The Morgan fingerprint density at radius 1 is 1.26 bits per heavy atom. The Morgan fingerprint density at radius 3 is 2.58 bits per heavy atom. The van der Waals surface area contributed by atoms with Crippen LogP contribution in [-0.4, -0.2) is 34.0 Å². The lowest BCUT2D eigenvalue weighted by Gasteiger charge is -2.14. The number of nitrogens with two attached hydrogens (primary N) is 1. The second-order valence-corrected chi connectivity index (χ2v) is 5.06. The van der Waals surface area contributed by atoms with Gasteiger partial charge in [-0.05, 0) is 19.3 Å². The van der Waals surface area contributed by atoms with E-state index in [1.807, 2.05) is 19.3 Å². The third kappa shape index (κ3) is 5.22. The monoisotopic (exact) mass is 306 g/mol. The first-order chi connectivity index (χ1) is 8.19. The molecule has 1 aromatic rings. The average molecular weight is 307 g/mol. The SMILES string of the molecule is CCC[C@H]1CN(Cc2cnc(C)cn2)C[C@@H]1N.Cl.Cl. The standard InChI is InChI=1S/C13H22N4.2ClH/c1-3-4-11-7-17(9-13(11)14)8-12-6-15-10(2)5-16-12;;/h5-6,11,13H,3-4,7-9,14H2,1-2H3;2*1H/t11-,13-;;/m0../s1. The summed E-state index contributed by atoms with van der Waals surface area (Å²) in [6.45, 7) is 7.15. The molecule has 0 aromatic carbocycles. The molecule has 2 atom stereocenters. The number of rotatable bonds is 4. The molecule has 6 heteroatoms. The minimum atomic E-state index is 0. The topological polar surface area (TPSA) is 55.0 Å². The van der Waals surface area contributed by atoms with Crippen LogP contribution < -0.4 is 5.73 Å². The van der Waals surface area contributed by atoms with Crippen LogP contribution in [0.1, 0.15) is 31.2 Å². The predicted octanol–water partition coefficient (Wildman–Crippen LogP) is 2.19. The van der Waals surface area contributed by atoms with Crippen LogP contribution in [-0.2, 0) is 6.54 Å². The number of likely N-dealkylation sites (tertiary alicyclic amines) is 1. The molecule has 0 aliphatic carbocycles. The zero-order valence-electron chi connectivity index (χ0n) is 11.6. The van der Waals surface area contributed by atoms with E-state index in [0.717, 1.165) is 31.0 Å². The summed E-state index contributed by atoms with van der Waals surface area (Å²) in [6.07, 6.45) is 6.15. The van der Waals surface area contributed by atoms with Crippen molar-refractivity contribution in [1.29, 1.82) is 0 Å². The van der Waals surface area contributed by atoms with Crippen LogP contribution >= 0.6 is 24.8 Å².